The second-order valence-corrected chi connectivity index (χ2v) is 9.00. The van der Waals surface area contributed by atoms with Gasteiger partial charge in [0, 0.05) is 57.0 Å². The van der Waals surface area contributed by atoms with Gasteiger partial charge in [0.15, 0.2) is 0 Å². The Hall–Kier alpha value is -3.71. The summed E-state index contributed by atoms with van der Waals surface area (Å²) in [5.74, 6) is 4.83. The third-order valence-electron chi connectivity index (χ3n) is 6.49. The number of aliphatic hydroxyl groups is 1. The van der Waals surface area contributed by atoms with Gasteiger partial charge in [-0.3, -0.25) is 18.9 Å². The molecule has 2 aliphatic heterocycles. The second kappa shape index (κ2) is 9.15. The topological polar surface area (TPSA) is 113 Å². The van der Waals surface area contributed by atoms with Crippen LogP contribution in [0.5, 0.6) is 0 Å². The van der Waals surface area contributed by atoms with Gasteiger partial charge in [-0.25, -0.2) is 4.98 Å². The van der Waals surface area contributed by atoms with Crippen LogP contribution in [-0.2, 0) is 16.1 Å². The fourth-order valence-electron chi connectivity index (χ4n) is 4.52. The summed E-state index contributed by atoms with van der Waals surface area (Å²) in [6, 6.07) is 11.3. The van der Waals surface area contributed by atoms with Crippen LogP contribution < -0.4 is 5.73 Å². The highest BCUT2D eigenvalue weighted by atomic mass is 16.5. The van der Waals surface area contributed by atoms with E-state index in [1.54, 1.807) is 17.5 Å². The van der Waals surface area contributed by atoms with E-state index < -0.39 is 11.5 Å². The Labute approximate surface area is 203 Å². The molecule has 3 N–H and O–H groups in total. The second-order valence-electron chi connectivity index (χ2n) is 9.00. The first-order valence-electron chi connectivity index (χ1n) is 11.6. The number of rotatable bonds is 4. The van der Waals surface area contributed by atoms with Gasteiger partial charge >= 0.3 is 0 Å². The standard InChI is InChI=1S/C26H27N5O4/c1-29-10-9-26(34,25(29)33)8-7-18-3-2-4-20(15-18)22-21-6-5-19(16-30-11-13-35-14-12-30)17-31(21)24(28-22)23(27)32/h2-6,15,17,34H,9-14,16H2,1H3,(H2,27,32)/t26-/m0/s1. The number of imidazole rings is 1. The number of ether oxygens (including phenoxy) is 1. The minimum absolute atomic E-state index is 0.157. The van der Waals surface area contributed by atoms with Gasteiger partial charge in [0.05, 0.1) is 24.4 Å². The molecule has 2 aromatic heterocycles. The number of pyridine rings is 1. The van der Waals surface area contributed by atoms with Crippen LogP contribution in [0.4, 0.5) is 0 Å². The minimum Gasteiger partial charge on any atom is -0.379 e. The molecule has 2 fully saturated rings. The van der Waals surface area contributed by atoms with Crippen molar-refractivity contribution in [3.8, 4) is 23.1 Å². The average Bonchev–Trinajstić information content (AvgIpc) is 3.37. The lowest BCUT2D eigenvalue weighted by molar-refractivity contribution is -0.137. The van der Waals surface area contributed by atoms with Gasteiger partial charge in [0.2, 0.25) is 11.4 Å². The van der Waals surface area contributed by atoms with Crippen LogP contribution in [0.15, 0.2) is 42.6 Å². The van der Waals surface area contributed by atoms with Crippen molar-refractivity contribution in [1.29, 1.82) is 0 Å². The zero-order valence-corrected chi connectivity index (χ0v) is 19.5. The van der Waals surface area contributed by atoms with Crippen LogP contribution in [0.25, 0.3) is 16.8 Å². The van der Waals surface area contributed by atoms with Crippen LogP contribution in [0.1, 0.15) is 28.2 Å². The van der Waals surface area contributed by atoms with Gasteiger partial charge in [-0.05, 0) is 23.8 Å². The number of morpholine rings is 1. The molecule has 3 aromatic rings. The molecular formula is C26H27N5O4. The van der Waals surface area contributed by atoms with E-state index in [4.69, 9.17) is 10.5 Å². The molecule has 1 aromatic carbocycles. The number of nitrogens with zero attached hydrogens (tertiary/aromatic N) is 4. The van der Waals surface area contributed by atoms with Crippen molar-refractivity contribution in [2.24, 2.45) is 5.73 Å². The summed E-state index contributed by atoms with van der Waals surface area (Å²) in [7, 11) is 1.65. The molecule has 1 atom stereocenters. The predicted octanol–water partition coefficient (Wildman–Crippen LogP) is 0.877. The Morgan fingerprint density at radius 2 is 2.03 bits per heavy atom. The summed E-state index contributed by atoms with van der Waals surface area (Å²) < 4.78 is 7.16. The fourth-order valence-corrected chi connectivity index (χ4v) is 4.52. The number of hydrogen-bond acceptors (Lipinski definition) is 6. The molecule has 4 heterocycles. The number of likely N-dealkylation sites (tertiary alicyclic amines) is 1. The van der Waals surface area contributed by atoms with E-state index in [0.29, 0.717) is 31.0 Å². The van der Waals surface area contributed by atoms with Gasteiger partial charge in [0.25, 0.3) is 11.8 Å². The van der Waals surface area contributed by atoms with E-state index in [1.165, 1.54) is 4.90 Å². The normalized spacial score (nSPS) is 20.7. The smallest absolute Gasteiger partial charge is 0.285 e. The van der Waals surface area contributed by atoms with Crippen LogP contribution in [0, 0.1) is 11.8 Å². The molecule has 9 nitrogen and oxygen atoms in total. The van der Waals surface area contributed by atoms with Crippen molar-refractivity contribution >= 4 is 17.3 Å². The number of amides is 2. The Balaban J connectivity index is 1.49. The number of fused-ring (bicyclic) bond motifs is 1. The van der Waals surface area contributed by atoms with Crippen molar-refractivity contribution in [1.82, 2.24) is 19.2 Å². The molecule has 9 heteroatoms. The Morgan fingerprint density at radius 3 is 2.74 bits per heavy atom. The van der Waals surface area contributed by atoms with E-state index >= 15 is 0 Å². The van der Waals surface area contributed by atoms with Crippen molar-refractivity contribution in [3.63, 3.8) is 0 Å². The van der Waals surface area contributed by atoms with Gasteiger partial charge in [-0.2, -0.15) is 0 Å². The van der Waals surface area contributed by atoms with Crippen molar-refractivity contribution in [3.05, 3.63) is 59.5 Å². The van der Waals surface area contributed by atoms with Crippen molar-refractivity contribution < 1.29 is 19.4 Å². The molecule has 0 unspecified atom stereocenters. The Kier molecular flexibility index (Phi) is 6.03. The number of aromatic nitrogens is 2. The quantitative estimate of drug-likeness (QED) is 0.544. The first-order chi connectivity index (χ1) is 16.8. The number of primary amides is 1. The lowest BCUT2D eigenvalue weighted by Crippen LogP contribution is -2.37. The third kappa shape index (κ3) is 4.51. The first kappa shape index (κ1) is 23.1. The number of carbonyl (C=O) groups excluding carboxylic acids is 2. The number of benzene rings is 1. The van der Waals surface area contributed by atoms with Crippen LogP contribution in [-0.4, -0.2) is 81.6 Å². The molecule has 0 spiro atoms. The molecule has 2 saturated heterocycles. The number of hydrogen-bond donors (Lipinski definition) is 2. The molecule has 2 amide bonds. The Morgan fingerprint density at radius 1 is 1.23 bits per heavy atom. The highest BCUT2D eigenvalue weighted by molar-refractivity contribution is 5.93. The van der Waals surface area contributed by atoms with Crippen molar-refractivity contribution in [2.75, 3.05) is 39.9 Å². The largest absolute Gasteiger partial charge is 0.379 e. The summed E-state index contributed by atoms with van der Waals surface area (Å²) in [6.45, 7) is 4.36. The average molecular weight is 474 g/mol. The summed E-state index contributed by atoms with van der Waals surface area (Å²) in [5.41, 5.74) is 7.78. The summed E-state index contributed by atoms with van der Waals surface area (Å²) in [5, 5.41) is 10.6. The summed E-state index contributed by atoms with van der Waals surface area (Å²) in [4.78, 5) is 32.7. The summed E-state index contributed by atoms with van der Waals surface area (Å²) >= 11 is 0. The van der Waals surface area contributed by atoms with Crippen LogP contribution in [0.3, 0.4) is 0 Å². The molecule has 180 valence electrons. The number of nitrogens with two attached hydrogens (primary N) is 1. The molecular weight excluding hydrogens is 446 g/mol. The van der Waals surface area contributed by atoms with Gasteiger partial charge in [-0.15, -0.1) is 0 Å². The summed E-state index contributed by atoms with van der Waals surface area (Å²) in [6.07, 6.45) is 2.18. The molecule has 0 bridgehead atoms. The Bertz CT molecular complexity index is 1370. The fraction of sp³-hybridized carbons (Fsp3) is 0.346. The lowest BCUT2D eigenvalue weighted by atomic mass is 10.0. The zero-order valence-electron chi connectivity index (χ0n) is 19.5. The highest BCUT2D eigenvalue weighted by Gasteiger charge is 2.42. The lowest BCUT2D eigenvalue weighted by Gasteiger charge is -2.26. The molecule has 2 aliphatic rings. The van der Waals surface area contributed by atoms with Crippen LogP contribution >= 0.6 is 0 Å². The predicted molar refractivity (Wildman–Crippen MR) is 129 cm³/mol. The molecule has 0 saturated carbocycles. The molecule has 5 rings (SSSR count). The van der Waals surface area contributed by atoms with Gasteiger partial charge in [0.1, 0.15) is 0 Å². The highest BCUT2D eigenvalue weighted by Crippen LogP contribution is 2.27. The van der Waals surface area contributed by atoms with E-state index in [0.717, 1.165) is 36.3 Å². The van der Waals surface area contributed by atoms with E-state index in [9.17, 15) is 14.7 Å². The maximum absolute atomic E-state index is 12.2. The minimum atomic E-state index is -1.66. The molecule has 35 heavy (non-hydrogen) atoms. The number of carbonyl (C=O) groups is 2. The third-order valence-corrected chi connectivity index (χ3v) is 6.49. The van der Waals surface area contributed by atoms with Gasteiger partial charge < -0.3 is 20.5 Å². The van der Waals surface area contributed by atoms with E-state index in [1.807, 2.05) is 36.5 Å². The monoisotopic (exact) mass is 473 g/mol. The molecule has 0 aliphatic carbocycles. The van der Waals surface area contributed by atoms with E-state index in [2.05, 4.69) is 21.7 Å². The van der Waals surface area contributed by atoms with Crippen LogP contribution in [0.2, 0.25) is 0 Å². The number of likely N-dealkylation sites (N-methyl/N-ethyl adjacent to an activating group) is 1. The maximum Gasteiger partial charge on any atom is 0.285 e. The van der Waals surface area contributed by atoms with Gasteiger partial charge in [-0.1, -0.05) is 30.0 Å². The molecule has 0 radical (unpaired) electrons. The SMILES string of the molecule is CN1CC[C@@](O)(C#Cc2cccc(-c3nc(C(N)=O)n4cc(CN5CCOCC5)ccc34)c2)C1=O. The van der Waals surface area contributed by atoms with E-state index in [-0.39, 0.29) is 18.2 Å². The first-order valence-corrected chi connectivity index (χ1v) is 11.6. The zero-order chi connectivity index (χ0) is 24.6. The maximum atomic E-state index is 12.2. The van der Waals surface area contributed by atoms with Crippen molar-refractivity contribution in [2.45, 2.75) is 18.6 Å².